The molecule has 0 saturated heterocycles. The summed E-state index contributed by atoms with van der Waals surface area (Å²) in [4.78, 5) is 11.1. The van der Waals surface area contributed by atoms with Crippen molar-refractivity contribution in [3.8, 4) is 5.75 Å². The van der Waals surface area contributed by atoms with Gasteiger partial charge in [0.1, 0.15) is 12.4 Å². The maximum Gasteiger partial charge on any atom is 0.416 e. The molecule has 3 nitrogen and oxygen atoms in total. The van der Waals surface area contributed by atoms with Crippen molar-refractivity contribution in [2.24, 2.45) is 0 Å². The molecule has 2 aromatic rings. The highest BCUT2D eigenvalue weighted by Crippen LogP contribution is 2.32. The zero-order valence-electron chi connectivity index (χ0n) is 12.4. The lowest BCUT2D eigenvalue weighted by atomic mass is 10.1. The molecule has 6 heteroatoms. The summed E-state index contributed by atoms with van der Waals surface area (Å²) in [6.45, 7) is -0.188. The number of ether oxygens (including phenoxy) is 2. The van der Waals surface area contributed by atoms with Gasteiger partial charge in [-0.1, -0.05) is 30.3 Å². The van der Waals surface area contributed by atoms with E-state index in [0.29, 0.717) is 5.75 Å². The number of benzene rings is 2. The van der Waals surface area contributed by atoms with Crippen LogP contribution in [-0.4, -0.2) is 13.1 Å². The molecule has 0 aliphatic rings. The summed E-state index contributed by atoms with van der Waals surface area (Å²) in [6.07, 6.45) is -4.28. The first-order valence-electron chi connectivity index (χ1n) is 6.84. The molecule has 0 spiro atoms. The van der Waals surface area contributed by atoms with Crippen molar-refractivity contribution in [1.82, 2.24) is 0 Å². The molecule has 0 aromatic heterocycles. The van der Waals surface area contributed by atoms with E-state index in [1.54, 1.807) is 24.3 Å². The molecule has 0 radical (unpaired) electrons. The van der Waals surface area contributed by atoms with Crippen molar-refractivity contribution in [1.29, 1.82) is 0 Å². The third-order valence-electron chi connectivity index (χ3n) is 3.22. The van der Waals surface area contributed by atoms with Gasteiger partial charge in [0, 0.05) is 5.56 Å². The van der Waals surface area contributed by atoms with Crippen LogP contribution in [0.1, 0.15) is 16.7 Å². The summed E-state index contributed by atoms with van der Waals surface area (Å²) < 4.78 is 48.6. The third kappa shape index (κ3) is 4.74. The molecule has 122 valence electrons. The van der Waals surface area contributed by atoms with Gasteiger partial charge in [0.25, 0.3) is 0 Å². The SMILES string of the molecule is COC(=O)Cc1ccc(OCc2ccccc2C(F)(F)F)cc1. The number of methoxy groups -OCH3 is 1. The molecule has 0 bridgehead atoms. The van der Waals surface area contributed by atoms with Crippen LogP contribution in [0.5, 0.6) is 5.75 Å². The Morgan fingerprint density at radius 3 is 2.30 bits per heavy atom. The standard InChI is InChI=1S/C17H15F3O3/c1-22-16(21)10-12-6-8-14(9-7-12)23-11-13-4-2-3-5-15(13)17(18,19)20/h2-9H,10-11H2,1H3. The smallest absolute Gasteiger partial charge is 0.416 e. The van der Waals surface area contributed by atoms with E-state index < -0.39 is 11.7 Å². The number of hydrogen-bond donors (Lipinski definition) is 0. The first-order chi connectivity index (χ1) is 10.9. The maximum atomic E-state index is 12.9. The molecular weight excluding hydrogens is 309 g/mol. The van der Waals surface area contributed by atoms with Crippen molar-refractivity contribution in [3.05, 3.63) is 65.2 Å². The van der Waals surface area contributed by atoms with E-state index in [1.165, 1.54) is 25.3 Å². The van der Waals surface area contributed by atoms with Crippen LogP contribution < -0.4 is 4.74 Å². The van der Waals surface area contributed by atoms with Crippen LogP contribution in [0.25, 0.3) is 0 Å². The minimum atomic E-state index is -4.41. The number of carbonyl (C=O) groups excluding carboxylic acids is 1. The summed E-state index contributed by atoms with van der Waals surface area (Å²) in [7, 11) is 1.30. The number of alkyl halides is 3. The van der Waals surface area contributed by atoms with Crippen LogP contribution >= 0.6 is 0 Å². The van der Waals surface area contributed by atoms with Gasteiger partial charge in [-0.05, 0) is 23.8 Å². The van der Waals surface area contributed by atoms with Crippen molar-refractivity contribution < 1.29 is 27.4 Å². The Morgan fingerprint density at radius 1 is 1.04 bits per heavy atom. The van der Waals surface area contributed by atoms with Crippen molar-refractivity contribution in [2.45, 2.75) is 19.2 Å². The first kappa shape index (κ1) is 16.9. The number of carbonyl (C=O) groups is 1. The predicted octanol–water partition coefficient (Wildman–Crippen LogP) is 4.00. The van der Waals surface area contributed by atoms with E-state index in [0.717, 1.165) is 11.6 Å². The molecule has 0 atom stereocenters. The zero-order chi connectivity index (χ0) is 16.9. The van der Waals surface area contributed by atoms with E-state index in [-0.39, 0.29) is 24.6 Å². The molecule has 0 heterocycles. The van der Waals surface area contributed by atoms with Crippen LogP contribution in [0.3, 0.4) is 0 Å². The van der Waals surface area contributed by atoms with E-state index in [9.17, 15) is 18.0 Å². The molecule has 0 saturated carbocycles. The Labute approximate surface area is 131 Å². The lowest BCUT2D eigenvalue weighted by Gasteiger charge is -2.13. The van der Waals surface area contributed by atoms with Gasteiger partial charge in [0.05, 0.1) is 19.1 Å². The topological polar surface area (TPSA) is 35.5 Å². The van der Waals surface area contributed by atoms with E-state index in [2.05, 4.69) is 4.74 Å². The molecule has 2 rings (SSSR count). The van der Waals surface area contributed by atoms with Gasteiger partial charge in [0.15, 0.2) is 0 Å². The predicted molar refractivity (Wildman–Crippen MR) is 77.9 cm³/mol. The second kappa shape index (κ2) is 7.17. The third-order valence-corrected chi connectivity index (χ3v) is 3.22. The molecule has 0 aliphatic heterocycles. The van der Waals surface area contributed by atoms with Crippen LogP contribution in [0, 0.1) is 0 Å². The lowest BCUT2D eigenvalue weighted by molar-refractivity contribution is -0.140. The highest BCUT2D eigenvalue weighted by atomic mass is 19.4. The number of rotatable bonds is 5. The quantitative estimate of drug-likeness (QED) is 0.780. The lowest BCUT2D eigenvalue weighted by Crippen LogP contribution is -2.10. The van der Waals surface area contributed by atoms with Crippen LogP contribution in [0.2, 0.25) is 0 Å². The second-order valence-corrected chi connectivity index (χ2v) is 4.84. The fraction of sp³-hybridized carbons (Fsp3) is 0.235. The highest BCUT2D eigenvalue weighted by Gasteiger charge is 2.32. The van der Waals surface area contributed by atoms with Crippen LogP contribution in [-0.2, 0) is 28.7 Å². The van der Waals surface area contributed by atoms with Gasteiger partial charge in [-0.2, -0.15) is 13.2 Å². The van der Waals surface area contributed by atoms with Gasteiger partial charge < -0.3 is 9.47 Å². The second-order valence-electron chi connectivity index (χ2n) is 4.84. The van der Waals surface area contributed by atoms with E-state index in [4.69, 9.17) is 4.74 Å². The van der Waals surface area contributed by atoms with Crippen molar-refractivity contribution in [3.63, 3.8) is 0 Å². The first-order valence-corrected chi connectivity index (χ1v) is 6.84. The largest absolute Gasteiger partial charge is 0.489 e. The van der Waals surface area contributed by atoms with Gasteiger partial charge in [-0.15, -0.1) is 0 Å². The molecule has 0 amide bonds. The highest BCUT2D eigenvalue weighted by molar-refractivity contribution is 5.72. The molecule has 2 aromatic carbocycles. The van der Waals surface area contributed by atoms with E-state index >= 15 is 0 Å². The van der Waals surface area contributed by atoms with Crippen molar-refractivity contribution >= 4 is 5.97 Å². The number of halogens is 3. The Bertz CT molecular complexity index is 664. The zero-order valence-corrected chi connectivity index (χ0v) is 12.4. The monoisotopic (exact) mass is 324 g/mol. The van der Waals surface area contributed by atoms with Gasteiger partial charge in [-0.25, -0.2) is 0 Å². The number of hydrogen-bond acceptors (Lipinski definition) is 3. The number of esters is 1. The van der Waals surface area contributed by atoms with Gasteiger partial charge >= 0.3 is 12.1 Å². The molecular formula is C17H15F3O3. The summed E-state index contributed by atoms with van der Waals surface area (Å²) in [5.74, 6) is 0.0633. The summed E-state index contributed by atoms with van der Waals surface area (Å²) in [6, 6.07) is 11.8. The molecule has 0 unspecified atom stereocenters. The van der Waals surface area contributed by atoms with Crippen LogP contribution in [0.4, 0.5) is 13.2 Å². The Balaban J connectivity index is 2.03. The van der Waals surface area contributed by atoms with Crippen LogP contribution in [0.15, 0.2) is 48.5 Å². The van der Waals surface area contributed by atoms with Gasteiger partial charge in [0.2, 0.25) is 0 Å². The molecule has 0 fully saturated rings. The van der Waals surface area contributed by atoms with E-state index in [1.807, 2.05) is 0 Å². The average molecular weight is 324 g/mol. The van der Waals surface area contributed by atoms with Gasteiger partial charge in [-0.3, -0.25) is 4.79 Å². The minimum absolute atomic E-state index is 0.0682. The van der Waals surface area contributed by atoms with Crippen molar-refractivity contribution in [2.75, 3.05) is 7.11 Å². The summed E-state index contributed by atoms with van der Waals surface area (Å²) >= 11 is 0. The maximum absolute atomic E-state index is 12.9. The fourth-order valence-electron chi connectivity index (χ4n) is 2.03. The Morgan fingerprint density at radius 2 is 1.70 bits per heavy atom. The Kier molecular flexibility index (Phi) is 5.26. The average Bonchev–Trinajstić information content (AvgIpc) is 2.53. The summed E-state index contributed by atoms with van der Waals surface area (Å²) in [5.41, 5.74) is 0.0980. The molecule has 23 heavy (non-hydrogen) atoms. The Hall–Kier alpha value is -2.50. The fourth-order valence-corrected chi connectivity index (χ4v) is 2.03. The summed E-state index contributed by atoms with van der Waals surface area (Å²) in [5, 5.41) is 0. The normalized spacial score (nSPS) is 11.1. The molecule has 0 aliphatic carbocycles. The molecule has 0 N–H and O–H groups in total. The minimum Gasteiger partial charge on any atom is -0.489 e.